The first-order valence-corrected chi connectivity index (χ1v) is 9.99. The summed E-state index contributed by atoms with van der Waals surface area (Å²) in [7, 11) is 0. The molecule has 0 fully saturated rings. The molecule has 1 N–H and O–H groups in total. The summed E-state index contributed by atoms with van der Waals surface area (Å²) >= 11 is 1.57. The van der Waals surface area contributed by atoms with Gasteiger partial charge in [-0.2, -0.15) is 10.2 Å². The molecule has 0 spiro atoms. The molecular weight excluding hydrogens is 384 g/mol. The summed E-state index contributed by atoms with van der Waals surface area (Å²) in [6.07, 6.45) is 1.81. The van der Waals surface area contributed by atoms with Gasteiger partial charge < -0.3 is 10.1 Å². The topological polar surface area (TPSA) is 77.0 Å². The van der Waals surface area contributed by atoms with Gasteiger partial charge in [-0.05, 0) is 58.0 Å². The van der Waals surface area contributed by atoms with Gasteiger partial charge in [0.15, 0.2) is 0 Å². The highest BCUT2D eigenvalue weighted by molar-refractivity contribution is 7.14. The molecule has 0 saturated carbocycles. The number of hydrogen-bond acceptors (Lipinski definition) is 6. The van der Waals surface area contributed by atoms with E-state index in [0.717, 1.165) is 21.1 Å². The lowest BCUT2D eigenvalue weighted by Crippen LogP contribution is -2.27. The van der Waals surface area contributed by atoms with Crippen LogP contribution in [0.3, 0.4) is 0 Å². The maximum absolute atomic E-state index is 12.9. The molecule has 3 aromatic rings. The number of amides is 1. The predicted molar refractivity (Wildman–Crippen MR) is 114 cm³/mol. The van der Waals surface area contributed by atoms with E-state index in [1.165, 1.54) is 0 Å². The minimum absolute atomic E-state index is 0.221. The Morgan fingerprint density at radius 2 is 2.07 bits per heavy atom. The minimum atomic E-state index is -0.281. The van der Waals surface area contributed by atoms with Crippen LogP contribution in [0.1, 0.15) is 46.5 Å². The van der Waals surface area contributed by atoms with Crippen molar-refractivity contribution < 1.29 is 9.53 Å². The van der Waals surface area contributed by atoms with Gasteiger partial charge in [-0.25, -0.2) is 4.98 Å². The lowest BCUT2D eigenvalue weighted by atomic mass is 10.1. The number of ether oxygens (including phenoxy) is 1. The number of aryl methyl sites for hydroxylation is 2. The van der Waals surface area contributed by atoms with Crippen molar-refractivity contribution >= 4 is 17.2 Å². The largest absolute Gasteiger partial charge is 0.481 e. The van der Waals surface area contributed by atoms with E-state index < -0.39 is 0 Å². The Bertz CT molecular complexity index is 1060. The van der Waals surface area contributed by atoms with Gasteiger partial charge in [-0.15, -0.1) is 17.3 Å². The fraction of sp³-hybridized carbons (Fsp3) is 0.273. The van der Waals surface area contributed by atoms with Crippen molar-refractivity contribution in [3.63, 3.8) is 0 Å². The first kappa shape index (κ1) is 20.5. The lowest BCUT2D eigenvalue weighted by molar-refractivity contribution is 0.0938. The molecule has 29 heavy (non-hydrogen) atoms. The summed E-state index contributed by atoms with van der Waals surface area (Å²) in [6, 6.07) is 8.86. The van der Waals surface area contributed by atoms with Crippen molar-refractivity contribution in [2.75, 3.05) is 6.61 Å². The molecule has 3 rings (SSSR count). The molecule has 0 saturated heterocycles. The minimum Gasteiger partial charge on any atom is -0.481 e. The van der Waals surface area contributed by atoms with Crippen LogP contribution in [0.15, 0.2) is 36.5 Å². The number of nitrogens with zero attached hydrogens (tertiary/aromatic N) is 3. The fourth-order valence-corrected chi connectivity index (χ4v) is 3.36. The summed E-state index contributed by atoms with van der Waals surface area (Å²) in [5.41, 5.74) is 2.85. The molecule has 0 aliphatic heterocycles. The molecule has 148 valence electrons. The molecular formula is C22H22N4O2S. The van der Waals surface area contributed by atoms with Gasteiger partial charge in [-0.1, -0.05) is 5.92 Å². The van der Waals surface area contributed by atoms with Crippen LogP contribution < -0.4 is 10.1 Å². The molecule has 2 aromatic heterocycles. The Morgan fingerprint density at radius 3 is 2.72 bits per heavy atom. The highest BCUT2D eigenvalue weighted by Gasteiger charge is 2.16. The summed E-state index contributed by atoms with van der Waals surface area (Å²) in [4.78, 5) is 18.4. The molecule has 2 heterocycles. The Morgan fingerprint density at radius 1 is 1.24 bits per heavy atom. The zero-order chi connectivity index (χ0) is 20.8. The number of carbonyl (C=O) groups excluding carboxylic acids is 1. The van der Waals surface area contributed by atoms with E-state index in [1.54, 1.807) is 24.3 Å². The number of carbonyl (C=O) groups is 1. The quantitative estimate of drug-likeness (QED) is 0.624. The Balaban J connectivity index is 1.87. The molecule has 7 heteroatoms. The Labute approximate surface area is 174 Å². The summed E-state index contributed by atoms with van der Waals surface area (Å²) in [5.74, 6) is 6.02. The first-order valence-electron chi connectivity index (χ1n) is 9.17. The van der Waals surface area contributed by atoms with Gasteiger partial charge in [0.2, 0.25) is 0 Å². The number of nitrogens with one attached hydrogen (secondary N) is 1. The van der Waals surface area contributed by atoms with Crippen LogP contribution in [0.25, 0.3) is 10.6 Å². The number of aromatic nitrogens is 3. The molecule has 0 aliphatic carbocycles. The van der Waals surface area contributed by atoms with Crippen LogP contribution in [0.4, 0.5) is 0 Å². The highest BCUT2D eigenvalue weighted by Crippen LogP contribution is 2.29. The first-order chi connectivity index (χ1) is 14.0. The number of thiazole rings is 1. The second-order valence-corrected chi connectivity index (χ2v) is 7.77. The van der Waals surface area contributed by atoms with E-state index in [9.17, 15) is 4.79 Å². The second-order valence-electron chi connectivity index (χ2n) is 6.53. The van der Waals surface area contributed by atoms with Crippen LogP contribution >= 0.6 is 11.3 Å². The van der Waals surface area contributed by atoms with Gasteiger partial charge in [0, 0.05) is 22.2 Å². The van der Waals surface area contributed by atoms with E-state index >= 15 is 0 Å². The second kappa shape index (κ2) is 9.30. The molecule has 1 amide bonds. The average molecular weight is 407 g/mol. The zero-order valence-corrected chi connectivity index (χ0v) is 17.6. The Hall–Kier alpha value is -3.24. The third kappa shape index (κ3) is 5.39. The summed E-state index contributed by atoms with van der Waals surface area (Å²) < 4.78 is 5.71. The van der Waals surface area contributed by atoms with Crippen LogP contribution in [-0.2, 0) is 0 Å². The van der Waals surface area contributed by atoms with E-state index in [1.807, 2.05) is 51.2 Å². The van der Waals surface area contributed by atoms with Gasteiger partial charge in [0.25, 0.3) is 5.91 Å². The molecule has 1 unspecified atom stereocenters. The monoisotopic (exact) mass is 406 g/mol. The third-order valence-corrected chi connectivity index (χ3v) is 5.10. The fourth-order valence-electron chi connectivity index (χ4n) is 2.61. The molecule has 1 aromatic carbocycles. The van der Waals surface area contributed by atoms with Crippen LogP contribution in [-0.4, -0.2) is 27.7 Å². The highest BCUT2D eigenvalue weighted by atomic mass is 32.1. The van der Waals surface area contributed by atoms with E-state index in [0.29, 0.717) is 17.0 Å². The van der Waals surface area contributed by atoms with Crippen molar-refractivity contribution in [1.82, 2.24) is 20.5 Å². The smallest absolute Gasteiger partial charge is 0.251 e. The summed E-state index contributed by atoms with van der Waals surface area (Å²) in [6.45, 7) is 7.76. The molecule has 0 radical (unpaired) electrons. The standard InChI is InChI=1S/C22H22N4O2S/c1-5-6-9-28-19-11-17(10-18(12-19)22-23-13-15(3)29-22)21(27)24-16(4)20-8-7-14(2)25-26-20/h7-8,10-13,16H,9H2,1-4H3,(H,24,27). The maximum atomic E-state index is 12.9. The molecule has 6 nitrogen and oxygen atoms in total. The average Bonchev–Trinajstić information content (AvgIpc) is 3.15. The molecule has 0 bridgehead atoms. The van der Waals surface area contributed by atoms with Crippen molar-refractivity contribution in [3.8, 4) is 28.2 Å². The Kier molecular flexibility index (Phi) is 6.57. The van der Waals surface area contributed by atoms with Crippen LogP contribution in [0, 0.1) is 25.7 Å². The van der Waals surface area contributed by atoms with Crippen molar-refractivity contribution in [2.45, 2.75) is 33.7 Å². The SMILES string of the molecule is CC#CCOc1cc(C(=O)NC(C)c2ccc(C)nn2)cc(-c2ncc(C)s2)c1. The van der Waals surface area contributed by atoms with E-state index in [-0.39, 0.29) is 18.6 Å². The van der Waals surface area contributed by atoms with Crippen LogP contribution in [0.5, 0.6) is 5.75 Å². The molecule has 0 aliphatic rings. The van der Waals surface area contributed by atoms with Crippen molar-refractivity contribution in [3.05, 3.63) is 58.4 Å². The van der Waals surface area contributed by atoms with E-state index in [4.69, 9.17) is 4.74 Å². The van der Waals surface area contributed by atoms with Gasteiger partial charge in [-0.3, -0.25) is 4.79 Å². The third-order valence-electron chi connectivity index (χ3n) is 4.13. The van der Waals surface area contributed by atoms with Gasteiger partial charge in [0.1, 0.15) is 17.4 Å². The summed E-state index contributed by atoms with van der Waals surface area (Å²) in [5, 5.41) is 12.0. The predicted octanol–water partition coefficient (Wildman–Crippen LogP) is 4.11. The number of hydrogen-bond donors (Lipinski definition) is 1. The van der Waals surface area contributed by atoms with Crippen molar-refractivity contribution in [2.24, 2.45) is 0 Å². The van der Waals surface area contributed by atoms with Gasteiger partial charge >= 0.3 is 0 Å². The van der Waals surface area contributed by atoms with Crippen molar-refractivity contribution in [1.29, 1.82) is 0 Å². The van der Waals surface area contributed by atoms with Gasteiger partial charge in [0.05, 0.1) is 17.4 Å². The molecule has 1 atom stereocenters. The number of rotatable bonds is 6. The number of benzene rings is 1. The zero-order valence-electron chi connectivity index (χ0n) is 16.8. The normalized spacial score (nSPS) is 11.3. The maximum Gasteiger partial charge on any atom is 0.251 e. The lowest BCUT2D eigenvalue weighted by Gasteiger charge is -2.14. The van der Waals surface area contributed by atoms with E-state index in [2.05, 4.69) is 32.3 Å². The van der Waals surface area contributed by atoms with Crippen LogP contribution in [0.2, 0.25) is 0 Å².